The van der Waals surface area contributed by atoms with Gasteiger partial charge in [-0.2, -0.15) is 0 Å². The van der Waals surface area contributed by atoms with Gasteiger partial charge in [0.25, 0.3) is 11.8 Å². The minimum Gasteiger partial charge on any atom is -0.347 e. The number of nitrogens with zero attached hydrogens (tertiary/aromatic N) is 1. The number of anilines is 1. The molecule has 1 saturated carbocycles. The molecular formula is C19H19ClN2O4S. The minimum atomic E-state index is -0.570. The van der Waals surface area contributed by atoms with Crippen LogP contribution in [0.2, 0.25) is 5.02 Å². The fourth-order valence-electron chi connectivity index (χ4n) is 3.70. The van der Waals surface area contributed by atoms with Crippen LogP contribution in [-0.2, 0) is 19.1 Å². The van der Waals surface area contributed by atoms with E-state index in [4.69, 9.17) is 33.3 Å². The molecule has 0 radical (unpaired) electrons. The van der Waals surface area contributed by atoms with Gasteiger partial charge in [-0.1, -0.05) is 18.0 Å². The first kappa shape index (κ1) is 18.6. The number of hydrogen-bond acceptors (Lipinski definition) is 5. The van der Waals surface area contributed by atoms with Crippen LogP contribution in [0.5, 0.6) is 0 Å². The molecular weight excluding hydrogens is 388 g/mol. The molecule has 3 aliphatic rings. The lowest BCUT2D eigenvalue weighted by atomic mass is 9.94. The fraction of sp³-hybridized carbons (Fsp3) is 0.421. The molecule has 1 N–H and O–H groups in total. The molecule has 6 nitrogen and oxygen atoms in total. The zero-order chi connectivity index (χ0) is 19.0. The Hall–Kier alpha value is -1.80. The molecule has 27 heavy (non-hydrogen) atoms. The number of rotatable bonds is 2. The van der Waals surface area contributed by atoms with Crippen molar-refractivity contribution in [2.45, 2.75) is 44.0 Å². The number of amides is 2. The highest BCUT2D eigenvalue weighted by Crippen LogP contribution is 2.38. The van der Waals surface area contributed by atoms with Gasteiger partial charge in [0.1, 0.15) is 11.7 Å². The number of ether oxygens (including phenoxy) is 2. The van der Waals surface area contributed by atoms with Crippen molar-refractivity contribution in [2.75, 3.05) is 11.5 Å². The number of nitrogens with one attached hydrogen (secondary N) is 1. The van der Waals surface area contributed by atoms with Crippen LogP contribution in [0.4, 0.5) is 5.69 Å². The molecule has 142 valence electrons. The zero-order valence-corrected chi connectivity index (χ0v) is 16.1. The molecule has 1 atom stereocenters. The Labute approximate surface area is 167 Å². The topological polar surface area (TPSA) is 67.9 Å². The monoisotopic (exact) mass is 406 g/mol. The van der Waals surface area contributed by atoms with Gasteiger partial charge in [0.2, 0.25) is 0 Å². The molecule has 0 aromatic heterocycles. The number of carbonyl (C=O) groups excluding carboxylic acids is 2. The molecule has 0 unspecified atom stereocenters. The van der Waals surface area contributed by atoms with Crippen molar-refractivity contribution in [3.05, 3.63) is 40.9 Å². The molecule has 4 rings (SSSR count). The molecule has 3 fully saturated rings. The third-order valence-electron chi connectivity index (χ3n) is 5.03. The maximum Gasteiger partial charge on any atom is 0.269 e. The van der Waals surface area contributed by atoms with E-state index in [0.717, 1.165) is 25.7 Å². The van der Waals surface area contributed by atoms with E-state index in [2.05, 4.69) is 5.32 Å². The third kappa shape index (κ3) is 3.65. The normalized spacial score (nSPS) is 26.7. The van der Waals surface area contributed by atoms with E-state index in [0.29, 0.717) is 17.3 Å². The van der Waals surface area contributed by atoms with Gasteiger partial charge in [-0.3, -0.25) is 19.8 Å². The van der Waals surface area contributed by atoms with Crippen molar-refractivity contribution in [3.63, 3.8) is 0 Å². The second-order valence-corrected chi connectivity index (χ2v) is 7.72. The van der Waals surface area contributed by atoms with E-state index in [1.54, 1.807) is 30.3 Å². The van der Waals surface area contributed by atoms with Gasteiger partial charge in [0.05, 0.1) is 12.3 Å². The summed E-state index contributed by atoms with van der Waals surface area (Å²) in [7, 11) is 0. The van der Waals surface area contributed by atoms with Crippen LogP contribution in [0.15, 0.2) is 35.9 Å². The lowest BCUT2D eigenvalue weighted by molar-refractivity contribution is -0.183. The van der Waals surface area contributed by atoms with Crippen LogP contribution >= 0.6 is 23.8 Å². The van der Waals surface area contributed by atoms with Crippen LogP contribution < -0.4 is 10.2 Å². The largest absolute Gasteiger partial charge is 0.347 e. The highest BCUT2D eigenvalue weighted by Gasteiger charge is 2.43. The SMILES string of the molecule is O=C1NC(=S)N(c2ccc(Cl)cc2)C(=O)/C1=C/[C@H]1COC2(CCCCC2)O1. The highest BCUT2D eigenvalue weighted by molar-refractivity contribution is 7.80. The smallest absolute Gasteiger partial charge is 0.269 e. The summed E-state index contributed by atoms with van der Waals surface area (Å²) in [6.45, 7) is 0.329. The Morgan fingerprint density at radius 1 is 1.19 bits per heavy atom. The Balaban J connectivity index is 1.57. The predicted molar refractivity (Wildman–Crippen MR) is 104 cm³/mol. The highest BCUT2D eigenvalue weighted by atomic mass is 35.5. The first-order valence-corrected chi connectivity index (χ1v) is 9.75. The van der Waals surface area contributed by atoms with Crippen molar-refractivity contribution >= 4 is 46.4 Å². The molecule has 2 amide bonds. The van der Waals surface area contributed by atoms with E-state index in [1.807, 2.05) is 0 Å². The average molecular weight is 407 g/mol. The zero-order valence-electron chi connectivity index (χ0n) is 14.6. The summed E-state index contributed by atoms with van der Waals surface area (Å²) in [6.07, 6.45) is 6.08. The summed E-state index contributed by atoms with van der Waals surface area (Å²) in [5.41, 5.74) is 0.535. The molecule has 2 saturated heterocycles. The van der Waals surface area contributed by atoms with Gasteiger partial charge < -0.3 is 9.47 Å². The number of halogens is 1. The van der Waals surface area contributed by atoms with E-state index < -0.39 is 23.7 Å². The Kier molecular flexibility index (Phi) is 5.03. The van der Waals surface area contributed by atoms with Crippen molar-refractivity contribution in [1.82, 2.24) is 5.32 Å². The standard InChI is InChI=1S/C19H19ClN2O4S/c20-12-4-6-13(7-5-12)22-17(24)15(16(23)21-18(22)27)10-14-11-25-19(26-14)8-2-1-3-9-19/h4-7,10,14H,1-3,8-9,11H2,(H,21,23,27)/b15-10+/t14-/m0/s1. The molecule has 1 aliphatic carbocycles. The van der Waals surface area contributed by atoms with Crippen LogP contribution in [0.3, 0.4) is 0 Å². The van der Waals surface area contributed by atoms with Crippen molar-refractivity contribution in [1.29, 1.82) is 0 Å². The first-order valence-electron chi connectivity index (χ1n) is 8.96. The van der Waals surface area contributed by atoms with Gasteiger partial charge >= 0.3 is 0 Å². The average Bonchev–Trinajstić information content (AvgIpc) is 3.03. The maximum atomic E-state index is 13.0. The summed E-state index contributed by atoms with van der Waals surface area (Å²) in [6, 6.07) is 6.67. The first-order chi connectivity index (χ1) is 13.0. The van der Waals surface area contributed by atoms with Gasteiger partial charge in [0, 0.05) is 17.9 Å². The van der Waals surface area contributed by atoms with Crippen molar-refractivity contribution in [3.8, 4) is 0 Å². The van der Waals surface area contributed by atoms with Gasteiger partial charge in [-0.15, -0.1) is 0 Å². The van der Waals surface area contributed by atoms with Crippen LogP contribution in [0, 0.1) is 0 Å². The van der Waals surface area contributed by atoms with Gasteiger partial charge in [0.15, 0.2) is 10.9 Å². The molecule has 1 aromatic rings. The van der Waals surface area contributed by atoms with Crippen LogP contribution in [-0.4, -0.2) is 35.4 Å². The molecule has 2 heterocycles. The van der Waals surface area contributed by atoms with Crippen LogP contribution in [0.25, 0.3) is 0 Å². The number of benzene rings is 1. The second-order valence-electron chi connectivity index (χ2n) is 6.90. The summed E-state index contributed by atoms with van der Waals surface area (Å²) >= 11 is 11.1. The van der Waals surface area contributed by atoms with Gasteiger partial charge in [-0.25, -0.2) is 0 Å². The summed E-state index contributed by atoms with van der Waals surface area (Å²) in [5, 5.41) is 3.15. The molecule has 1 aromatic carbocycles. The number of thiocarbonyl (C=S) groups is 1. The molecule has 2 aliphatic heterocycles. The predicted octanol–water partition coefficient (Wildman–Crippen LogP) is 3.09. The quantitative estimate of drug-likeness (QED) is 0.464. The van der Waals surface area contributed by atoms with E-state index in [-0.39, 0.29) is 10.7 Å². The fourth-order valence-corrected chi connectivity index (χ4v) is 4.11. The van der Waals surface area contributed by atoms with Crippen molar-refractivity contribution < 1.29 is 19.1 Å². The lowest BCUT2D eigenvalue weighted by Gasteiger charge is -2.32. The van der Waals surface area contributed by atoms with Gasteiger partial charge in [-0.05, 0) is 55.4 Å². The lowest BCUT2D eigenvalue weighted by Crippen LogP contribution is -2.54. The number of hydrogen-bond donors (Lipinski definition) is 1. The number of carbonyl (C=O) groups is 2. The Morgan fingerprint density at radius 3 is 2.59 bits per heavy atom. The summed E-state index contributed by atoms with van der Waals surface area (Å²) in [5.74, 6) is -1.58. The summed E-state index contributed by atoms with van der Waals surface area (Å²) < 4.78 is 12.0. The summed E-state index contributed by atoms with van der Waals surface area (Å²) in [4.78, 5) is 26.6. The van der Waals surface area contributed by atoms with Crippen LogP contribution in [0.1, 0.15) is 32.1 Å². The van der Waals surface area contributed by atoms with Crippen molar-refractivity contribution in [2.24, 2.45) is 0 Å². The maximum absolute atomic E-state index is 13.0. The molecule has 8 heteroatoms. The molecule has 0 bridgehead atoms. The Morgan fingerprint density at radius 2 is 1.89 bits per heavy atom. The van der Waals surface area contributed by atoms with E-state index in [1.165, 1.54) is 11.3 Å². The minimum absolute atomic E-state index is 0.00000874. The molecule has 1 spiro atoms. The Bertz CT molecular complexity index is 818. The van der Waals surface area contributed by atoms with E-state index in [9.17, 15) is 9.59 Å². The second kappa shape index (κ2) is 7.31. The third-order valence-corrected chi connectivity index (χ3v) is 5.57. The van der Waals surface area contributed by atoms with E-state index >= 15 is 0 Å².